The topological polar surface area (TPSA) is 20.3 Å². The van der Waals surface area contributed by atoms with Crippen molar-refractivity contribution < 1.29 is 4.79 Å². The lowest BCUT2D eigenvalue weighted by atomic mass is 9.56. The SMILES string of the molecule is CN(C)[C@]12CC=C[C@H]1[C@H](c1ccccc1)C2=O. The van der Waals surface area contributed by atoms with E-state index in [4.69, 9.17) is 0 Å². The fourth-order valence-electron chi connectivity index (χ4n) is 3.40. The number of nitrogens with zero attached hydrogens (tertiary/aromatic N) is 1. The Hall–Kier alpha value is -1.41. The van der Waals surface area contributed by atoms with Gasteiger partial charge in [-0.05, 0) is 26.1 Å². The highest BCUT2D eigenvalue weighted by Gasteiger charge is 2.63. The van der Waals surface area contributed by atoms with E-state index >= 15 is 0 Å². The molecule has 1 aromatic carbocycles. The summed E-state index contributed by atoms with van der Waals surface area (Å²) in [4.78, 5) is 14.6. The zero-order valence-electron chi connectivity index (χ0n) is 10.3. The van der Waals surface area contributed by atoms with Crippen LogP contribution in [-0.4, -0.2) is 30.3 Å². The van der Waals surface area contributed by atoms with Crippen LogP contribution >= 0.6 is 0 Å². The Labute approximate surface area is 102 Å². The molecule has 0 bridgehead atoms. The number of rotatable bonds is 2. The van der Waals surface area contributed by atoms with Gasteiger partial charge < -0.3 is 0 Å². The number of Topliss-reactive ketones (excluding diaryl/α,β-unsaturated/α-hetero) is 1. The first-order valence-corrected chi connectivity index (χ1v) is 6.11. The lowest BCUT2D eigenvalue weighted by molar-refractivity contribution is -0.147. The third kappa shape index (κ3) is 1.22. The molecule has 0 heterocycles. The van der Waals surface area contributed by atoms with Crippen molar-refractivity contribution in [2.75, 3.05) is 14.1 Å². The second-order valence-electron chi connectivity index (χ2n) is 5.23. The molecular formula is C15H17NO. The van der Waals surface area contributed by atoms with Gasteiger partial charge in [-0.25, -0.2) is 0 Å². The van der Waals surface area contributed by atoms with Gasteiger partial charge >= 0.3 is 0 Å². The largest absolute Gasteiger partial charge is 0.297 e. The number of carbonyl (C=O) groups is 1. The highest BCUT2D eigenvalue weighted by atomic mass is 16.1. The molecule has 2 aliphatic rings. The molecule has 1 aromatic rings. The molecule has 0 unspecified atom stereocenters. The molecule has 0 radical (unpaired) electrons. The third-order valence-corrected chi connectivity index (χ3v) is 4.35. The van der Waals surface area contributed by atoms with Crippen molar-refractivity contribution in [3.63, 3.8) is 0 Å². The molecule has 1 saturated carbocycles. The van der Waals surface area contributed by atoms with Crippen molar-refractivity contribution >= 4 is 5.78 Å². The molecule has 3 rings (SSSR count). The molecule has 1 fully saturated rings. The molecule has 17 heavy (non-hydrogen) atoms. The van der Waals surface area contributed by atoms with E-state index in [9.17, 15) is 4.79 Å². The summed E-state index contributed by atoms with van der Waals surface area (Å²) in [6.07, 6.45) is 5.25. The molecule has 88 valence electrons. The minimum atomic E-state index is -0.249. The smallest absolute Gasteiger partial charge is 0.162 e. The van der Waals surface area contributed by atoms with E-state index in [0.29, 0.717) is 11.7 Å². The van der Waals surface area contributed by atoms with E-state index in [1.54, 1.807) is 0 Å². The molecule has 3 atom stereocenters. The Balaban J connectivity index is 1.97. The maximum atomic E-state index is 12.5. The van der Waals surface area contributed by atoms with Gasteiger partial charge in [0.15, 0.2) is 5.78 Å². The van der Waals surface area contributed by atoms with Crippen LogP contribution in [0.25, 0.3) is 0 Å². The van der Waals surface area contributed by atoms with Crippen molar-refractivity contribution in [1.82, 2.24) is 4.90 Å². The Morgan fingerprint density at radius 3 is 2.59 bits per heavy atom. The molecular weight excluding hydrogens is 210 g/mol. The van der Waals surface area contributed by atoms with E-state index in [1.165, 1.54) is 0 Å². The van der Waals surface area contributed by atoms with Crippen molar-refractivity contribution in [3.05, 3.63) is 48.0 Å². The summed E-state index contributed by atoms with van der Waals surface area (Å²) < 4.78 is 0. The summed E-state index contributed by atoms with van der Waals surface area (Å²) in [6.45, 7) is 0. The van der Waals surface area contributed by atoms with Gasteiger partial charge in [-0.15, -0.1) is 0 Å². The molecule has 0 aromatic heterocycles. The summed E-state index contributed by atoms with van der Waals surface area (Å²) >= 11 is 0. The minimum Gasteiger partial charge on any atom is -0.297 e. The van der Waals surface area contributed by atoms with Crippen LogP contribution in [0.1, 0.15) is 17.9 Å². The summed E-state index contributed by atoms with van der Waals surface area (Å²) in [5.74, 6) is 0.799. The number of benzene rings is 1. The molecule has 0 N–H and O–H groups in total. The zero-order valence-corrected chi connectivity index (χ0v) is 10.3. The Bertz CT molecular complexity index is 477. The van der Waals surface area contributed by atoms with Crippen LogP contribution in [0.2, 0.25) is 0 Å². The lowest BCUT2D eigenvalue weighted by Crippen LogP contribution is -2.66. The molecule has 2 nitrogen and oxygen atoms in total. The first kappa shape index (κ1) is 10.7. The number of fused-ring (bicyclic) bond motifs is 1. The van der Waals surface area contributed by atoms with E-state index in [0.717, 1.165) is 12.0 Å². The average molecular weight is 227 g/mol. The average Bonchev–Trinajstić information content (AvgIpc) is 2.70. The molecule has 0 aliphatic heterocycles. The van der Waals surface area contributed by atoms with Gasteiger partial charge in [-0.1, -0.05) is 42.5 Å². The Morgan fingerprint density at radius 1 is 1.24 bits per heavy atom. The molecule has 0 saturated heterocycles. The van der Waals surface area contributed by atoms with Gasteiger partial charge in [0.05, 0.1) is 11.5 Å². The fraction of sp³-hybridized carbons (Fsp3) is 0.400. The second kappa shape index (κ2) is 3.54. The zero-order chi connectivity index (χ0) is 12.0. The maximum Gasteiger partial charge on any atom is 0.162 e. The number of ketones is 1. The first-order chi connectivity index (χ1) is 8.18. The predicted molar refractivity (Wildman–Crippen MR) is 67.9 cm³/mol. The number of hydrogen-bond acceptors (Lipinski definition) is 2. The van der Waals surface area contributed by atoms with E-state index in [2.05, 4.69) is 29.2 Å². The van der Waals surface area contributed by atoms with E-state index < -0.39 is 0 Å². The quantitative estimate of drug-likeness (QED) is 0.722. The molecule has 0 spiro atoms. The first-order valence-electron chi connectivity index (χ1n) is 6.11. The fourth-order valence-corrected chi connectivity index (χ4v) is 3.40. The van der Waals surface area contributed by atoms with Gasteiger partial charge in [0.25, 0.3) is 0 Å². The van der Waals surface area contributed by atoms with Gasteiger partial charge in [0.2, 0.25) is 0 Å². The monoisotopic (exact) mass is 227 g/mol. The third-order valence-electron chi connectivity index (χ3n) is 4.35. The Morgan fingerprint density at radius 2 is 1.94 bits per heavy atom. The van der Waals surface area contributed by atoms with Gasteiger partial charge in [-0.2, -0.15) is 0 Å². The van der Waals surface area contributed by atoms with Gasteiger partial charge in [0.1, 0.15) is 0 Å². The Kier molecular flexibility index (Phi) is 2.23. The summed E-state index contributed by atoms with van der Waals surface area (Å²) in [5, 5.41) is 0. The van der Waals surface area contributed by atoms with E-state index in [1.807, 2.05) is 32.3 Å². The molecule has 2 heteroatoms. The van der Waals surface area contributed by atoms with Crippen molar-refractivity contribution in [2.24, 2.45) is 5.92 Å². The van der Waals surface area contributed by atoms with Crippen molar-refractivity contribution in [2.45, 2.75) is 17.9 Å². The lowest BCUT2D eigenvalue weighted by Gasteiger charge is -2.53. The van der Waals surface area contributed by atoms with Crippen LogP contribution in [0.4, 0.5) is 0 Å². The highest BCUT2D eigenvalue weighted by molar-refractivity contribution is 6.03. The number of likely N-dealkylation sites (N-methyl/N-ethyl adjacent to an activating group) is 1. The maximum absolute atomic E-state index is 12.5. The van der Waals surface area contributed by atoms with Gasteiger partial charge in [-0.3, -0.25) is 9.69 Å². The van der Waals surface area contributed by atoms with Gasteiger partial charge in [0, 0.05) is 5.92 Å². The summed E-state index contributed by atoms with van der Waals surface area (Å²) in [5.41, 5.74) is 0.909. The molecule has 2 aliphatic carbocycles. The van der Waals surface area contributed by atoms with Crippen molar-refractivity contribution in [3.8, 4) is 0 Å². The van der Waals surface area contributed by atoms with Crippen LogP contribution in [0.3, 0.4) is 0 Å². The van der Waals surface area contributed by atoms with Crippen molar-refractivity contribution in [1.29, 1.82) is 0 Å². The second-order valence-corrected chi connectivity index (χ2v) is 5.23. The number of hydrogen-bond donors (Lipinski definition) is 0. The highest BCUT2D eigenvalue weighted by Crippen LogP contribution is 2.55. The standard InChI is InChI=1S/C15H17NO/c1-16(2)15-10-6-9-12(15)13(14(15)17)11-7-4-3-5-8-11/h3-9,12-13H,10H2,1-2H3/t12-,13-,15+/m0/s1. The summed E-state index contributed by atoms with van der Waals surface area (Å²) in [7, 11) is 4.03. The van der Waals surface area contributed by atoms with Crippen LogP contribution in [0.5, 0.6) is 0 Å². The minimum absolute atomic E-state index is 0.0670. The van der Waals surface area contributed by atoms with Crippen LogP contribution in [-0.2, 0) is 4.79 Å². The van der Waals surface area contributed by atoms with Crippen LogP contribution in [0.15, 0.2) is 42.5 Å². The molecule has 0 amide bonds. The number of carbonyl (C=O) groups excluding carboxylic acids is 1. The summed E-state index contributed by atoms with van der Waals surface area (Å²) in [6, 6.07) is 10.1. The normalized spacial score (nSPS) is 34.9. The van der Waals surface area contributed by atoms with Crippen LogP contribution < -0.4 is 0 Å². The van der Waals surface area contributed by atoms with Crippen LogP contribution in [0, 0.1) is 5.92 Å². The van der Waals surface area contributed by atoms with E-state index in [-0.39, 0.29) is 11.5 Å². The predicted octanol–water partition coefficient (Wildman–Crippen LogP) is 2.23.